The molecule has 0 saturated heterocycles. The van der Waals surface area contributed by atoms with Gasteiger partial charge in [0.2, 0.25) is 0 Å². The van der Waals surface area contributed by atoms with E-state index in [9.17, 15) is 13.9 Å². The molecule has 1 heterocycles. The summed E-state index contributed by atoms with van der Waals surface area (Å²) in [5, 5.41) is 10.4. The van der Waals surface area contributed by atoms with Crippen LogP contribution >= 0.6 is 0 Å². The van der Waals surface area contributed by atoms with Crippen molar-refractivity contribution in [2.24, 2.45) is 0 Å². The Morgan fingerprint density at radius 1 is 1.25 bits per heavy atom. The summed E-state index contributed by atoms with van der Waals surface area (Å²) in [7, 11) is 0. The molecule has 0 aliphatic heterocycles. The predicted molar refractivity (Wildman–Crippen MR) is 71.4 cm³/mol. The second-order valence-corrected chi connectivity index (χ2v) is 5.21. The van der Waals surface area contributed by atoms with E-state index >= 15 is 0 Å². The van der Waals surface area contributed by atoms with Crippen molar-refractivity contribution in [3.8, 4) is 0 Å². The second-order valence-electron chi connectivity index (χ2n) is 5.21. The zero-order chi connectivity index (χ0) is 14.1. The first-order valence-electron chi connectivity index (χ1n) is 6.71. The lowest BCUT2D eigenvalue weighted by Gasteiger charge is -2.18. The molecular formula is C16H15F2NO. The number of benzene rings is 1. The van der Waals surface area contributed by atoms with Gasteiger partial charge in [-0.1, -0.05) is 12.1 Å². The van der Waals surface area contributed by atoms with E-state index in [-0.39, 0.29) is 5.92 Å². The summed E-state index contributed by atoms with van der Waals surface area (Å²) < 4.78 is 26.1. The fourth-order valence-electron chi connectivity index (χ4n) is 2.87. The third-order valence-corrected chi connectivity index (χ3v) is 3.90. The van der Waals surface area contributed by atoms with Crippen LogP contribution in [-0.4, -0.2) is 16.2 Å². The van der Waals surface area contributed by atoms with E-state index in [1.165, 1.54) is 11.6 Å². The molecule has 1 N–H and O–H groups in total. The molecule has 0 spiro atoms. The third kappa shape index (κ3) is 2.43. The largest absolute Gasteiger partial charge is 0.392 e. The summed E-state index contributed by atoms with van der Waals surface area (Å²) in [6.07, 6.45) is 3.15. The van der Waals surface area contributed by atoms with Crippen molar-refractivity contribution in [3.05, 3.63) is 65.0 Å². The molecule has 2 aromatic rings. The highest BCUT2D eigenvalue weighted by Gasteiger charge is 2.29. The van der Waals surface area contributed by atoms with Crippen LogP contribution in [0.1, 0.15) is 29.2 Å². The molecule has 0 fully saturated rings. The molecular weight excluding hydrogens is 260 g/mol. The van der Waals surface area contributed by atoms with Gasteiger partial charge in [-0.05, 0) is 48.6 Å². The SMILES string of the molecule is OC(Cc1ccc(F)c(F)c1)C1CCc2cccnc21. The number of pyridine rings is 1. The monoisotopic (exact) mass is 275 g/mol. The van der Waals surface area contributed by atoms with E-state index in [0.29, 0.717) is 12.0 Å². The Labute approximate surface area is 116 Å². The van der Waals surface area contributed by atoms with Crippen LogP contribution in [0, 0.1) is 11.6 Å². The smallest absolute Gasteiger partial charge is 0.159 e. The van der Waals surface area contributed by atoms with Gasteiger partial charge in [0.15, 0.2) is 11.6 Å². The first-order valence-corrected chi connectivity index (χ1v) is 6.71. The summed E-state index contributed by atoms with van der Waals surface area (Å²) in [6, 6.07) is 7.66. The Balaban J connectivity index is 1.77. The zero-order valence-corrected chi connectivity index (χ0v) is 10.9. The van der Waals surface area contributed by atoms with Crippen molar-refractivity contribution >= 4 is 0 Å². The van der Waals surface area contributed by atoms with Crippen LogP contribution in [0.15, 0.2) is 36.5 Å². The van der Waals surface area contributed by atoms with Gasteiger partial charge in [0.25, 0.3) is 0 Å². The lowest BCUT2D eigenvalue weighted by molar-refractivity contribution is 0.141. The van der Waals surface area contributed by atoms with Crippen LogP contribution in [0.2, 0.25) is 0 Å². The minimum atomic E-state index is -0.875. The number of fused-ring (bicyclic) bond motifs is 1. The van der Waals surface area contributed by atoms with Gasteiger partial charge in [0.05, 0.1) is 6.10 Å². The molecule has 0 amide bonds. The molecule has 2 atom stereocenters. The third-order valence-electron chi connectivity index (χ3n) is 3.90. The van der Waals surface area contributed by atoms with Crippen molar-refractivity contribution in [1.82, 2.24) is 4.98 Å². The lowest BCUT2D eigenvalue weighted by Crippen LogP contribution is -2.20. The van der Waals surface area contributed by atoms with Gasteiger partial charge in [0, 0.05) is 17.8 Å². The van der Waals surface area contributed by atoms with Gasteiger partial charge >= 0.3 is 0 Å². The maximum Gasteiger partial charge on any atom is 0.159 e. The topological polar surface area (TPSA) is 33.1 Å². The number of halogens is 2. The van der Waals surface area contributed by atoms with Gasteiger partial charge in [-0.2, -0.15) is 0 Å². The first-order chi connectivity index (χ1) is 9.65. The second kappa shape index (κ2) is 5.29. The summed E-state index contributed by atoms with van der Waals surface area (Å²) >= 11 is 0. The predicted octanol–water partition coefficient (Wildman–Crippen LogP) is 2.99. The summed E-state index contributed by atoms with van der Waals surface area (Å²) in [5.41, 5.74) is 2.70. The summed E-state index contributed by atoms with van der Waals surface area (Å²) in [4.78, 5) is 4.34. The molecule has 2 unspecified atom stereocenters. The van der Waals surface area contributed by atoms with Crippen molar-refractivity contribution in [3.63, 3.8) is 0 Å². The molecule has 104 valence electrons. The minimum Gasteiger partial charge on any atom is -0.392 e. The summed E-state index contributed by atoms with van der Waals surface area (Å²) in [6.45, 7) is 0. The van der Waals surface area contributed by atoms with Crippen LogP contribution in [0.25, 0.3) is 0 Å². The number of nitrogens with zero attached hydrogens (tertiary/aromatic N) is 1. The Kier molecular flexibility index (Phi) is 3.49. The van der Waals surface area contributed by atoms with E-state index < -0.39 is 17.7 Å². The van der Waals surface area contributed by atoms with Gasteiger partial charge < -0.3 is 5.11 Å². The molecule has 0 saturated carbocycles. The first kappa shape index (κ1) is 13.2. The Hall–Kier alpha value is -1.81. The van der Waals surface area contributed by atoms with E-state index in [1.54, 1.807) is 6.20 Å². The van der Waals surface area contributed by atoms with Crippen molar-refractivity contribution < 1.29 is 13.9 Å². The van der Waals surface area contributed by atoms with Gasteiger partial charge in [0.1, 0.15) is 0 Å². The highest BCUT2D eigenvalue weighted by atomic mass is 19.2. The molecule has 1 aliphatic carbocycles. The highest BCUT2D eigenvalue weighted by Crippen LogP contribution is 2.34. The summed E-state index contributed by atoms with van der Waals surface area (Å²) in [5.74, 6) is -1.77. The van der Waals surface area contributed by atoms with E-state index in [4.69, 9.17) is 0 Å². The number of rotatable bonds is 3. The quantitative estimate of drug-likeness (QED) is 0.934. The molecule has 1 aromatic heterocycles. The molecule has 0 radical (unpaired) electrons. The molecule has 20 heavy (non-hydrogen) atoms. The van der Waals surface area contributed by atoms with Gasteiger partial charge in [-0.15, -0.1) is 0 Å². The molecule has 1 aromatic carbocycles. The number of hydrogen-bond donors (Lipinski definition) is 1. The molecule has 0 bridgehead atoms. The Morgan fingerprint density at radius 2 is 2.10 bits per heavy atom. The zero-order valence-electron chi connectivity index (χ0n) is 10.9. The van der Waals surface area contributed by atoms with Crippen LogP contribution < -0.4 is 0 Å². The van der Waals surface area contributed by atoms with Crippen LogP contribution in [0.4, 0.5) is 8.78 Å². The van der Waals surface area contributed by atoms with Crippen molar-refractivity contribution in [2.75, 3.05) is 0 Å². The highest BCUT2D eigenvalue weighted by molar-refractivity contribution is 5.30. The van der Waals surface area contributed by atoms with E-state index in [0.717, 1.165) is 30.7 Å². The van der Waals surface area contributed by atoms with Crippen LogP contribution in [-0.2, 0) is 12.8 Å². The average Bonchev–Trinajstić information content (AvgIpc) is 2.87. The normalized spacial score (nSPS) is 18.9. The fourth-order valence-corrected chi connectivity index (χ4v) is 2.87. The molecule has 2 nitrogen and oxygen atoms in total. The number of aromatic nitrogens is 1. The lowest BCUT2D eigenvalue weighted by atomic mass is 9.94. The number of aliphatic hydroxyl groups excluding tert-OH is 1. The van der Waals surface area contributed by atoms with Crippen LogP contribution in [0.5, 0.6) is 0 Å². The average molecular weight is 275 g/mol. The minimum absolute atomic E-state index is 0.0284. The van der Waals surface area contributed by atoms with Gasteiger partial charge in [-0.25, -0.2) is 8.78 Å². The van der Waals surface area contributed by atoms with Crippen LogP contribution in [0.3, 0.4) is 0 Å². The maximum absolute atomic E-state index is 13.2. The molecule has 1 aliphatic rings. The molecule has 3 rings (SSSR count). The standard InChI is InChI=1S/C16H15F2NO/c17-13-6-3-10(8-14(13)18)9-15(20)12-5-4-11-2-1-7-19-16(11)12/h1-3,6-8,12,15,20H,4-5,9H2. The molecule has 4 heteroatoms. The number of hydrogen-bond acceptors (Lipinski definition) is 2. The van der Waals surface area contributed by atoms with Crippen molar-refractivity contribution in [1.29, 1.82) is 0 Å². The number of aliphatic hydroxyl groups is 1. The van der Waals surface area contributed by atoms with Crippen molar-refractivity contribution in [2.45, 2.75) is 31.3 Å². The number of aryl methyl sites for hydroxylation is 1. The van der Waals surface area contributed by atoms with E-state index in [2.05, 4.69) is 4.98 Å². The van der Waals surface area contributed by atoms with E-state index in [1.807, 2.05) is 12.1 Å². The van der Waals surface area contributed by atoms with Gasteiger partial charge in [-0.3, -0.25) is 4.98 Å². The Morgan fingerprint density at radius 3 is 2.90 bits per heavy atom. The fraction of sp³-hybridized carbons (Fsp3) is 0.312. The Bertz CT molecular complexity index is 630. The maximum atomic E-state index is 13.2.